The van der Waals surface area contributed by atoms with Crippen LogP contribution in [-0.2, 0) is 4.74 Å². The number of benzene rings is 1. The van der Waals surface area contributed by atoms with Crippen molar-refractivity contribution in [2.24, 2.45) is 5.73 Å². The number of ether oxygens (including phenoxy) is 1. The number of halogens is 2. The van der Waals surface area contributed by atoms with Crippen LogP contribution < -0.4 is 11.1 Å². The Bertz CT molecular complexity index is 504. The molecule has 104 valence electrons. The third-order valence-electron chi connectivity index (χ3n) is 2.20. The van der Waals surface area contributed by atoms with Gasteiger partial charge >= 0.3 is 6.09 Å². The lowest BCUT2D eigenvalue weighted by Gasteiger charge is -2.25. The van der Waals surface area contributed by atoms with E-state index in [4.69, 9.17) is 5.73 Å². The smallest absolute Gasteiger partial charge is 0.404 e. The van der Waals surface area contributed by atoms with Crippen LogP contribution in [0.2, 0.25) is 0 Å². The first-order chi connectivity index (χ1) is 8.71. The van der Waals surface area contributed by atoms with E-state index in [-0.39, 0.29) is 12.2 Å². The molecule has 1 aromatic carbocycles. The van der Waals surface area contributed by atoms with Crippen molar-refractivity contribution in [1.82, 2.24) is 5.32 Å². The second kappa shape index (κ2) is 5.64. The number of rotatable bonds is 4. The number of amides is 2. The van der Waals surface area contributed by atoms with Crippen molar-refractivity contribution in [3.8, 4) is 0 Å². The summed E-state index contributed by atoms with van der Waals surface area (Å²) in [5, 5.41) is 2.45. The summed E-state index contributed by atoms with van der Waals surface area (Å²) >= 11 is 0. The van der Waals surface area contributed by atoms with Crippen LogP contribution in [0.15, 0.2) is 18.2 Å². The summed E-state index contributed by atoms with van der Waals surface area (Å²) in [7, 11) is 0. The fraction of sp³-hybridized carbons (Fsp3) is 0.333. The van der Waals surface area contributed by atoms with Gasteiger partial charge in [0.15, 0.2) is 0 Å². The van der Waals surface area contributed by atoms with Gasteiger partial charge in [0.1, 0.15) is 18.2 Å². The topological polar surface area (TPSA) is 81.4 Å². The highest BCUT2D eigenvalue weighted by Gasteiger charge is 2.24. The van der Waals surface area contributed by atoms with Gasteiger partial charge in [-0.2, -0.15) is 0 Å². The number of carbonyl (C=O) groups excluding carboxylic acids is 2. The van der Waals surface area contributed by atoms with E-state index in [0.717, 1.165) is 12.1 Å². The van der Waals surface area contributed by atoms with Crippen LogP contribution in [0.3, 0.4) is 0 Å². The lowest BCUT2D eigenvalue weighted by molar-refractivity contribution is 0.0827. The molecule has 0 bridgehead atoms. The normalized spacial score (nSPS) is 10.9. The van der Waals surface area contributed by atoms with Crippen molar-refractivity contribution in [3.05, 3.63) is 35.4 Å². The highest BCUT2D eigenvalue weighted by Crippen LogP contribution is 2.11. The molecule has 0 aliphatic carbocycles. The van der Waals surface area contributed by atoms with E-state index in [1.54, 1.807) is 13.8 Å². The highest BCUT2D eigenvalue weighted by molar-refractivity contribution is 5.94. The fourth-order valence-electron chi connectivity index (χ4n) is 1.34. The third kappa shape index (κ3) is 4.53. The van der Waals surface area contributed by atoms with Crippen molar-refractivity contribution >= 4 is 12.0 Å². The number of carbonyl (C=O) groups is 2. The molecule has 1 aromatic rings. The van der Waals surface area contributed by atoms with Crippen LogP contribution in [0, 0.1) is 11.6 Å². The Morgan fingerprint density at radius 2 is 2.00 bits per heavy atom. The molecule has 0 aliphatic heterocycles. The second-order valence-electron chi connectivity index (χ2n) is 4.57. The first kappa shape index (κ1) is 14.9. The summed E-state index contributed by atoms with van der Waals surface area (Å²) < 4.78 is 30.7. The van der Waals surface area contributed by atoms with Gasteiger partial charge in [-0.25, -0.2) is 13.6 Å². The lowest BCUT2D eigenvalue weighted by Crippen LogP contribution is -2.48. The molecule has 3 N–H and O–H groups in total. The van der Waals surface area contributed by atoms with Crippen LogP contribution in [0.1, 0.15) is 24.2 Å². The van der Waals surface area contributed by atoms with E-state index in [9.17, 15) is 18.4 Å². The first-order valence-electron chi connectivity index (χ1n) is 5.41. The fourth-order valence-corrected chi connectivity index (χ4v) is 1.34. The molecule has 0 unspecified atom stereocenters. The van der Waals surface area contributed by atoms with Crippen LogP contribution >= 0.6 is 0 Å². The van der Waals surface area contributed by atoms with E-state index in [1.807, 2.05) is 0 Å². The van der Waals surface area contributed by atoms with Gasteiger partial charge in [0.25, 0.3) is 5.91 Å². The van der Waals surface area contributed by atoms with Crippen molar-refractivity contribution < 1.29 is 23.1 Å². The van der Waals surface area contributed by atoms with Gasteiger partial charge in [0.2, 0.25) is 0 Å². The molecule has 0 aliphatic rings. The summed E-state index contributed by atoms with van der Waals surface area (Å²) in [6.45, 7) is 2.96. The zero-order valence-electron chi connectivity index (χ0n) is 10.5. The van der Waals surface area contributed by atoms with Gasteiger partial charge < -0.3 is 15.8 Å². The van der Waals surface area contributed by atoms with Crippen molar-refractivity contribution in [3.63, 3.8) is 0 Å². The van der Waals surface area contributed by atoms with Gasteiger partial charge in [-0.05, 0) is 26.0 Å². The predicted molar refractivity (Wildman–Crippen MR) is 63.4 cm³/mol. The average Bonchev–Trinajstić information content (AvgIpc) is 2.25. The summed E-state index contributed by atoms with van der Waals surface area (Å²) in [6.07, 6.45) is -0.977. The third-order valence-corrected chi connectivity index (χ3v) is 2.20. The monoisotopic (exact) mass is 272 g/mol. The minimum Gasteiger partial charge on any atom is -0.447 e. The second-order valence-corrected chi connectivity index (χ2v) is 4.57. The van der Waals surface area contributed by atoms with Gasteiger partial charge in [-0.1, -0.05) is 0 Å². The molecule has 0 aromatic heterocycles. The Morgan fingerprint density at radius 3 is 2.53 bits per heavy atom. The van der Waals surface area contributed by atoms with E-state index < -0.39 is 29.2 Å². The van der Waals surface area contributed by atoms with E-state index >= 15 is 0 Å². The quantitative estimate of drug-likeness (QED) is 0.872. The summed E-state index contributed by atoms with van der Waals surface area (Å²) in [5.74, 6) is -2.48. The SMILES string of the molecule is CC(C)(COC(N)=O)NC(=O)c1ccc(F)cc1F. The zero-order valence-corrected chi connectivity index (χ0v) is 10.5. The number of hydrogen-bond donors (Lipinski definition) is 2. The maximum atomic E-state index is 13.4. The van der Waals surface area contributed by atoms with E-state index in [0.29, 0.717) is 6.07 Å². The first-order valence-corrected chi connectivity index (χ1v) is 5.41. The van der Waals surface area contributed by atoms with Gasteiger partial charge in [0, 0.05) is 6.07 Å². The predicted octanol–water partition coefficient (Wildman–Crippen LogP) is 1.57. The molecule has 0 atom stereocenters. The van der Waals surface area contributed by atoms with Crippen LogP contribution in [0.25, 0.3) is 0 Å². The van der Waals surface area contributed by atoms with Crippen LogP contribution in [-0.4, -0.2) is 24.1 Å². The molecule has 0 saturated heterocycles. The number of nitrogens with two attached hydrogens (primary N) is 1. The standard InChI is InChI=1S/C12H14F2N2O3/c1-12(2,6-19-11(15)18)16-10(17)8-4-3-7(13)5-9(8)14/h3-5H,6H2,1-2H3,(H2,15,18)(H,16,17). The Morgan fingerprint density at radius 1 is 1.37 bits per heavy atom. The lowest BCUT2D eigenvalue weighted by atomic mass is 10.1. The molecule has 2 amide bonds. The number of nitrogens with one attached hydrogen (secondary N) is 1. The van der Waals surface area contributed by atoms with Crippen molar-refractivity contribution in [2.45, 2.75) is 19.4 Å². The maximum Gasteiger partial charge on any atom is 0.404 e. The molecule has 5 nitrogen and oxygen atoms in total. The molecule has 0 radical (unpaired) electrons. The maximum absolute atomic E-state index is 13.4. The van der Waals surface area contributed by atoms with Crippen molar-refractivity contribution in [1.29, 1.82) is 0 Å². The molecule has 0 heterocycles. The van der Waals surface area contributed by atoms with Gasteiger partial charge in [-0.3, -0.25) is 4.79 Å². The average molecular weight is 272 g/mol. The molecule has 0 spiro atoms. The van der Waals surface area contributed by atoms with Crippen LogP contribution in [0.4, 0.5) is 13.6 Å². The molecular formula is C12H14F2N2O3. The molecule has 1 rings (SSSR count). The zero-order chi connectivity index (χ0) is 14.6. The Kier molecular flexibility index (Phi) is 4.42. The van der Waals surface area contributed by atoms with Gasteiger partial charge in [0.05, 0.1) is 11.1 Å². The van der Waals surface area contributed by atoms with E-state index in [2.05, 4.69) is 10.1 Å². The largest absolute Gasteiger partial charge is 0.447 e. The summed E-state index contributed by atoms with van der Waals surface area (Å²) in [6, 6.07) is 2.62. The molecule has 7 heteroatoms. The molecule has 0 saturated carbocycles. The van der Waals surface area contributed by atoms with Gasteiger partial charge in [-0.15, -0.1) is 0 Å². The Labute approximate surface area is 108 Å². The molecular weight excluding hydrogens is 258 g/mol. The summed E-state index contributed by atoms with van der Waals surface area (Å²) in [5.41, 5.74) is 3.57. The molecule has 19 heavy (non-hydrogen) atoms. The number of primary amides is 1. The highest BCUT2D eigenvalue weighted by atomic mass is 19.1. The minimum absolute atomic E-state index is 0.170. The number of hydrogen-bond acceptors (Lipinski definition) is 3. The minimum atomic E-state index is -0.977. The van der Waals surface area contributed by atoms with E-state index in [1.165, 1.54) is 0 Å². The molecule has 0 fully saturated rings. The Balaban J connectivity index is 2.75. The van der Waals surface area contributed by atoms with Crippen LogP contribution in [0.5, 0.6) is 0 Å². The van der Waals surface area contributed by atoms with Crippen molar-refractivity contribution in [2.75, 3.05) is 6.61 Å². The summed E-state index contributed by atoms with van der Waals surface area (Å²) in [4.78, 5) is 22.3. The Hall–Kier alpha value is -2.18.